The van der Waals surface area contributed by atoms with E-state index < -0.39 is 0 Å². The van der Waals surface area contributed by atoms with Crippen LogP contribution in [0.1, 0.15) is 5.56 Å². The maximum absolute atomic E-state index is 9.33. The Bertz CT molecular complexity index is 652. The number of aromatic nitrogens is 2. The van der Waals surface area contributed by atoms with E-state index in [1.54, 1.807) is 13.1 Å². The number of hydrogen-bond donors (Lipinski definition) is 1. The van der Waals surface area contributed by atoms with Crippen molar-refractivity contribution in [3.8, 4) is 17.3 Å². The first-order valence-corrected chi connectivity index (χ1v) is 7.10. The van der Waals surface area contributed by atoms with Gasteiger partial charge in [0.25, 0.3) is 0 Å². The normalized spacial score (nSPS) is 10.0. The Balaban J connectivity index is 2.75. The van der Waals surface area contributed by atoms with E-state index in [0.29, 0.717) is 27.3 Å². The molecule has 0 aliphatic heterocycles. The molecule has 0 fully saturated rings. The molecular formula is C13H11ClN4S. The fourth-order valence-electron chi connectivity index (χ4n) is 1.67. The SMILES string of the molecule is CNc1nc(SC)nc(-c2ccccc2Cl)c1C#N. The molecule has 0 bridgehead atoms. The summed E-state index contributed by atoms with van der Waals surface area (Å²) >= 11 is 7.60. The highest BCUT2D eigenvalue weighted by Crippen LogP contribution is 2.32. The molecule has 0 unspecified atom stereocenters. The molecule has 0 radical (unpaired) electrons. The van der Waals surface area contributed by atoms with Crippen molar-refractivity contribution in [2.45, 2.75) is 5.16 Å². The third-order valence-corrected chi connectivity index (χ3v) is 3.43. The number of benzene rings is 1. The molecule has 1 aromatic heterocycles. The van der Waals surface area contributed by atoms with Crippen molar-refractivity contribution < 1.29 is 0 Å². The summed E-state index contributed by atoms with van der Waals surface area (Å²) in [6, 6.07) is 9.46. The maximum Gasteiger partial charge on any atom is 0.189 e. The van der Waals surface area contributed by atoms with Crippen LogP contribution in [0.3, 0.4) is 0 Å². The summed E-state index contributed by atoms with van der Waals surface area (Å²) in [4.78, 5) is 8.68. The van der Waals surface area contributed by atoms with Crippen LogP contribution >= 0.6 is 23.4 Å². The molecule has 0 atom stereocenters. The average Bonchev–Trinajstić information content (AvgIpc) is 2.46. The number of rotatable bonds is 3. The lowest BCUT2D eigenvalue weighted by atomic mass is 10.1. The van der Waals surface area contributed by atoms with Gasteiger partial charge in [-0.2, -0.15) is 5.26 Å². The summed E-state index contributed by atoms with van der Waals surface area (Å²) in [5, 5.41) is 13.4. The van der Waals surface area contributed by atoms with Crippen LogP contribution in [0.2, 0.25) is 5.02 Å². The van der Waals surface area contributed by atoms with Gasteiger partial charge in [-0.05, 0) is 12.3 Å². The van der Waals surface area contributed by atoms with Crippen LogP contribution in [0, 0.1) is 11.3 Å². The second kappa shape index (κ2) is 5.91. The van der Waals surface area contributed by atoms with E-state index in [2.05, 4.69) is 21.4 Å². The van der Waals surface area contributed by atoms with Crippen LogP contribution in [-0.2, 0) is 0 Å². The summed E-state index contributed by atoms with van der Waals surface area (Å²) in [6.45, 7) is 0. The lowest BCUT2D eigenvalue weighted by Gasteiger charge is -2.10. The molecule has 0 saturated carbocycles. The molecule has 1 heterocycles. The average molecular weight is 291 g/mol. The molecule has 1 aromatic carbocycles. The van der Waals surface area contributed by atoms with Gasteiger partial charge in [0.15, 0.2) is 5.16 Å². The van der Waals surface area contributed by atoms with Gasteiger partial charge < -0.3 is 5.32 Å². The standard InChI is InChI=1S/C13H11ClN4S/c1-16-12-9(7-15)11(17-13(18-12)19-2)8-5-3-4-6-10(8)14/h3-6H,1-2H3,(H,16,17,18). The molecular weight excluding hydrogens is 280 g/mol. The zero-order chi connectivity index (χ0) is 13.8. The zero-order valence-corrected chi connectivity index (χ0v) is 12.0. The number of hydrogen-bond acceptors (Lipinski definition) is 5. The molecule has 96 valence electrons. The molecule has 2 rings (SSSR count). The number of halogens is 1. The van der Waals surface area contributed by atoms with Gasteiger partial charge in [0.2, 0.25) is 0 Å². The third kappa shape index (κ3) is 2.65. The fraction of sp³-hybridized carbons (Fsp3) is 0.154. The molecule has 0 aliphatic carbocycles. The van der Waals surface area contributed by atoms with Crippen LogP contribution in [0.15, 0.2) is 29.4 Å². The Labute approximate surface area is 120 Å². The van der Waals surface area contributed by atoms with Crippen LogP contribution < -0.4 is 5.32 Å². The topological polar surface area (TPSA) is 61.6 Å². The summed E-state index contributed by atoms with van der Waals surface area (Å²) in [5.74, 6) is 0.511. The fourth-order valence-corrected chi connectivity index (χ4v) is 2.26. The number of nitrogens with one attached hydrogen (secondary N) is 1. The van der Waals surface area contributed by atoms with Gasteiger partial charge in [-0.25, -0.2) is 9.97 Å². The van der Waals surface area contributed by atoms with Gasteiger partial charge in [0.1, 0.15) is 17.5 Å². The lowest BCUT2D eigenvalue weighted by Crippen LogP contribution is -2.03. The molecule has 0 spiro atoms. The number of nitrogens with zero attached hydrogens (tertiary/aromatic N) is 3. The molecule has 0 saturated heterocycles. The van der Waals surface area contributed by atoms with E-state index in [4.69, 9.17) is 11.6 Å². The van der Waals surface area contributed by atoms with E-state index in [9.17, 15) is 5.26 Å². The van der Waals surface area contributed by atoms with Crippen LogP contribution in [-0.4, -0.2) is 23.3 Å². The third-order valence-electron chi connectivity index (χ3n) is 2.55. The van der Waals surface area contributed by atoms with Gasteiger partial charge in [0.05, 0.1) is 10.7 Å². The minimum absolute atomic E-state index is 0.397. The molecule has 0 aliphatic rings. The molecule has 19 heavy (non-hydrogen) atoms. The van der Waals surface area contributed by atoms with E-state index in [0.717, 1.165) is 5.56 Å². The van der Waals surface area contributed by atoms with Gasteiger partial charge >= 0.3 is 0 Å². The minimum Gasteiger partial charge on any atom is -0.372 e. The molecule has 0 amide bonds. The van der Waals surface area contributed by atoms with Crippen molar-refractivity contribution in [3.05, 3.63) is 34.9 Å². The van der Waals surface area contributed by atoms with Gasteiger partial charge in [0, 0.05) is 12.6 Å². The predicted octanol–water partition coefficient (Wildman–Crippen LogP) is 3.43. The maximum atomic E-state index is 9.33. The van der Waals surface area contributed by atoms with Crippen molar-refractivity contribution in [2.75, 3.05) is 18.6 Å². The zero-order valence-electron chi connectivity index (χ0n) is 10.4. The second-order valence-electron chi connectivity index (χ2n) is 3.62. The first-order valence-electron chi connectivity index (χ1n) is 5.50. The monoisotopic (exact) mass is 290 g/mol. The van der Waals surface area contributed by atoms with E-state index in [-0.39, 0.29) is 0 Å². The predicted molar refractivity (Wildman–Crippen MR) is 78.5 cm³/mol. The van der Waals surface area contributed by atoms with Crippen molar-refractivity contribution in [1.29, 1.82) is 5.26 Å². The molecule has 2 aromatic rings. The number of thioether (sulfide) groups is 1. The van der Waals surface area contributed by atoms with Gasteiger partial charge in [-0.3, -0.25) is 0 Å². The Hall–Kier alpha value is -1.77. The second-order valence-corrected chi connectivity index (χ2v) is 4.80. The van der Waals surface area contributed by atoms with Gasteiger partial charge in [-0.1, -0.05) is 41.6 Å². The minimum atomic E-state index is 0.397. The number of nitriles is 1. The molecule has 4 nitrogen and oxygen atoms in total. The van der Waals surface area contributed by atoms with Crippen molar-refractivity contribution in [2.24, 2.45) is 0 Å². The smallest absolute Gasteiger partial charge is 0.189 e. The van der Waals surface area contributed by atoms with E-state index in [1.807, 2.05) is 24.5 Å². The highest BCUT2D eigenvalue weighted by molar-refractivity contribution is 7.98. The van der Waals surface area contributed by atoms with Crippen LogP contribution in [0.25, 0.3) is 11.3 Å². The highest BCUT2D eigenvalue weighted by atomic mass is 35.5. The van der Waals surface area contributed by atoms with Crippen molar-refractivity contribution in [3.63, 3.8) is 0 Å². The number of anilines is 1. The Morgan fingerprint density at radius 2 is 2.05 bits per heavy atom. The summed E-state index contributed by atoms with van der Waals surface area (Å²) in [5.41, 5.74) is 1.68. The van der Waals surface area contributed by atoms with Gasteiger partial charge in [-0.15, -0.1) is 0 Å². The van der Waals surface area contributed by atoms with E-state index >= 15 is 0 Å². The first kappa shape index (κ1) is 13.7. The summed E-state index contributed by atoms with van der Waals surface area (Å²) < 4.78 is 0. The Morgan fingerprint density at radius 3 is 2.63 bits per heavy atom. The van der Waals surface area contributed by atoms with Crippen LogP contribution in [0.5, 0.6) is 0 Å². The Morgan fingerprint density at radius 1 is 1.32 bits per heavy atom. The first-order chi connectivity index (χ1) is 9.21. The summed E-state index contributed by atoms with van der Waals surface area (Å²) in [6.07, 6.45) is 1.89. The van der Waals surface area contributed by atoms with Crippen LogP contribution in [0.4, 0.5) is 5.82 Å². The Kier molecular flexibility index (Phi) is 4.25. The van der Waals surface area contributed by atoms with Crippen molar-refractivity contribution in [1.82, 2.24) is 9.97 Å². The van der Waals surface area contributed by atoms with E-state index in [1.165, 1.54) is 11.8 Å². The molecule has 1 N–H and O–H groups in total. The highest BCUT2D eigenvalue weighted by Gasteiger charge is 2.16. The van der Waals surface area contributed by atoms with Crippen molar-refractivity contribution >= 4 is 29.2 Å². The summed E-state index contributed by atoms with van der Waals surface area (Å²) in [7, 11) is 1.73. The molecule has 6 heteroatoms. The largest absolute Gasteiger partial charge is 0.372 e. The quantitative estimate of drug-likeness (QED) is 0.693. The lowest BCUT2D eigenvalue weighted by molar-refractivity contribution is 0.972.